The lowest BCUT2D eigenvalue weighted by molar-refractivity contribution is 0.0789. The molecule has 1 aromatic carbocycles. The van der Waals surface area contributed by atoms with Crippen LogP contribution >= 0.6 is 0 Å². The summed E-state index contributed by atoms with van der Waals surface area (Å²) < 4.78 is 16.3. The number of nitrogens with zero attached hydrogens (tertiary/aromatic N) is 1. The average Bonchev–Trinajstić information content (AvgIpc) is 2.74. The number of hydrogen-bond donors (Lipinski definition) is 1. The molecule has 1 amide bonds. The minimum Gasteiger partial charge on any atom is -0.486 e. The van der Waals surface area contributed by atoms with E-state index in [9.17, 15) is 4.79 Å². The predicted octanol–water partition coefficient (Wildman–Crippen LogP) is 1.13. The summed E-state index contributed by atoms with van der Waals surface area (Å²) in [6.45, 7) is 3.61. The fourth-order valence-electron chi connectivity index (χ4n) is 2.20. The maximum absolute atomic E-state index is 11.9. The lowest BCUT2D eigenvalue weighted by atomic mass is 10.1. The quantitative estimate of drug-likeness (QED) is 0.866. The van der Waals surface area contributed by atoms with Gasteiger partial charge in [0.2, 0.25) is 0 Å². The summed E-state index contributed by atoms with van der Waals surface area (Å²) >= 11 is 0. The third-order valence-electron chi connectivity index (χ3n) is 3.32. The normalized spacial score (nSPS) is 25.4. The Morgan fingerprint density at radius 3 is 2.74 bits per heavy atom. The van der Waals surface area contributed by atoms with Gasteiger partial charge in [-0.25, -0.2) is 4.79 Å². The highest BCUT2D eigenvalue weighted by molar-refractivity contribution is 5.90. The van der Waals surface area contributed by atoms with E-state index in [1.54, 1.807) is 17.0 Å². The van der Waals surface area contributed by atoms with Gasteiger partial charge in [-0.1, -0.05) is 0 Å². The first-order valence-electron chi connectivity index (χ1n) is 6.21. The Hall–Kier alpha value is -1.95. The van der Waals surface area contributed by atoms with Crippen LogP contribution in [0.15, 0.2) is 18.2 Å². The van der Waals surface area contributed by atoms with Crippen LogP contribution in [-0.4, -0.2) is 38.0 Å². The summed E-state index contributed by atoms with van der Waals surface area (Å²) in [5.41, 5.74) is 5.73. The lowest BCUT2D eigenvalue weighted by Gasteiger charge is -2.21. The zero-order valence-electron chi connectivity index (χ0n) is 10.7. The minimum atomic E-state index is -0.635. The molecule has 2 aliphatic heterocycles. The van der Waals surface area contributed by atoms with Gasteiger partial charge in [0.05, 0.1) is 12.2 Å². The van der Waals surface area contributed by atoms with Crippen LogP contribution in [0.5, 0.6) is 11.5 Å². The summed E-state index contributed by atoms with van der Waals surface area (Å²) in [4.78, 5) is 13.5. The van der Waals surface area contributed by atoms with Crippen LogP contribution in [0.1, 0.15) is 6.92 Å². The molecule has 102 valence electrons. The molecule has 0 saturated carbocycles. The molecule has 0 aromatic heterocycles. The van der Waals surface area contributed by atoms with Gasteiger partial charge >= 0.3 is 6.09 Å². The van der Waals surface area contributed by atoms with Crippen LogP contribution < -0.4 is 20.1 Å². The van der Waals surface area contributed by atoms with Gasteiger partial charge in [-0.3, -0.25) is 4.90 Å². The minimum absolute atomic E-state index is 0.291. The lowest BCUT2D eigenvalue weighted by Crippen LogP contribution is -2.38. The number of anilines is 1. The number of nitrogens with two attached hydrogens (primary N) is 1. The van der Waals surface area contributed by atoms with Crippen molar-refractivity contribution in [2.75, 3.05) is 31.2 Å². The topological polar surface area (TPSA) is 74.0 Å². The van der Waals surface area contributed by atoms with E-state index in [-0.39, 0.29) is 6.09 Å². The Bertz CT molecular complexity index is 519. The van der Waals surface area contributed by atoms with Crippen molar-refractivity contribution in [3.63, 3.8) is 0 Å². The molecule has 0 bridgehead atoms. The molecule has 2 heterocycles. The number of rotatable bonds is 2. The maximum Gasteiger partial charge on any atom is 0.415 e. The van der Waals surface area contributed by atoms with Crippen LogP contribution in [-0.2, 0) is 4.74 Å². The highest BCUT2D eigenvalue weighted by Crippen LogP contribution is 2.36. The number of carbonyl (C=O) groups is 1. The molecule has 1 unspecified atom stereocenters. The van der Waals surface area contributed by atoms with Crippen molar-refractivity contribution in [3.05, 3.63) is 18.2 Å². The molecule has 0 radical (unpaired) electrons. The predicted molar refractivity (Wildman–Crippen MR) is 68.7 cm³/mol. The van der Waals surface area contributed by atoms with E-state index >= 15 is 0 Å². The van der Waals surface area contributed by atoms with E-state index in [0.717, 1.165) is 5.69 Å². The number of amides is 1. The van der Waals surface area contributed by atoms with Crippen molar-refractivity contribution in [1.82, 2.24) is 0 Å². The summed E-state index contributed by atoms with van der Waals surface area (Å²) in [7, 11) is 0. The van der Waals surface area contributed by atoms with Crippen LogP contribution in [0.2, 0.25) is 0 Å². The first-order valence-corrected chi connectivity index (χ1v) is 6.21. The zero-order valence-corrected chi connectivity index (χ0v) is 10.7. The molecule has 0 spiro atoms. The van der Waals surface area contributed by atoms with Crippen molar-refractivity contribution >= 4 is 11.8 Å². The Labute approximate surface area is 111 Å². The van der Waals surface area contributed by atoms with E-state index in [0.29, 0.717) is 37.8 Å². The largest absolute Gasteiger partial charge is 0.486 e. The molecule has 19 heavy (non-hydrogen) atoms. The molecule has 2 aliphatic rings. The Morgan fingerprint density at radius 1 is 1.32 bits per heavy atom. The number of ether oxygens (including phenoxy) is 3. The van der Waals surface area contributed by atoms with Crippen molar-refractivity contribution in [1.29, 1.82) is 0 Å². The molecule has 2 N–H and O–H groups in total. The molecular formula is C13H16N2O4. The van der Waals surface area contributed by atoms with Crippen LogP contribution in [0.4, 0.5) is 10.5 Å². The standard InChI is InChI=1S/C13H16N2O4/c1-13(7-14)8-15(12(16)19-13)9-2-3-10-11(6-9)18-5-4-17-10/h2-3,6H,4-5,7-8,14H2,1H3. The first-order chi connectivity index (χ1) is 9.11. The van der Waals surface area contributed by atoms with E-state index in [4.69, 9.17) is 19.9 Å². The highest BCUT2D eigenvalue weighted by atomic mass is 16.6. The molecule has 1 fully saturated rings. The third kappa shape index (κ3) is 2.08. The van der Waals surface area contributed by atoms with Crippen molar-refractivity contribution in [3.8, 4) is 11.5 Å². The summed E-state index contributed by atoms with van der Waals surface area (Å²) in [6.07, 6.45) is -0.385. The molecular weight excluding hydrogens is 248 g/mol. The molecule has 6 heteroatoms. The fourth-order valence-corrected chi connectivity index (χ4v) is 2.20. The van der Waals surface area contributed by atoms with Crippen LogP contribution in [0.25, 0.3) is 0 Å². The van der Waals surface area contributed by atoms with Crippen molar-refractivity contribution in [2.45, 2.75) is 12.5 Å². The maximum atomic E-state index is 11.9. The number of carbonyl (C=O) groups excluding carboxylic acids is 1. The van der Waals surface area contributed by atoms with Crippen molar-refractivity contribution in [2.24, 2.45) is 5.73 Å². The highest BCUT2D eigenvalue weighted by Gasteiger charge is 2.41. The van der Waals surface area contributed by atoms with Crippen LogP contribution in [0, 0.1) is 0 Å². The van der Waals surface area contributed by atoms with E-state index in [1.165, 1.54) is 0 Å². The SMILES string of the molecule is CC1(CN)CN(c2ccc3c(c2)OCCO3)C(=O)O1. The van der Waals surface area contributed by atoms with Crippen molar-refractivity contribution < 1.29 is 19.0 Å². The third-order valence-corrected chi connectivity index (χ3v) is 3.32. The monoisotopic (exact) mass is 264 g/mol. The van der Waals surface area contributed by atoms with Gasteiger partial charge < -0.3 is 19.9 Å². The Kier molecular flexibility index (Phi) is 2.74. The number of fused-ring (bicyclic) bond motifs is 1. The van der Waals surface area contributed by atoms with E-state index in [2.05, 4.69) is 0 Å². The average molecular weight is 264 g/mol. The summed E-state index contributed by atoms with van der Waals surface area (Å²) in [6, 6.07) is 5.41. The van der Waals surface area contributed by atoms with Crippen LogP contribution in [0.3, 0.4) is 0 Å². The summed E-state index contributed by atoms with van der Waals surface area (Å²) in [5.74, 6) is 1.35. The first kappa shape index (κ1) is 12.1. The van der Waals surface area contributed by atoms with E-state index in [1.807, 2.05) is 13.0 Å². The van der Waals surface area contributed by atoms with Gasteiger partial charge in [0.25, 0.3) is 0 Å². The van der Waals surface area contributed by atoms with Gasteiger partial charge in [-0.05, 0) is 19.1 Å². The molecule has 3 rings (SSSR count). The van der Waals surface area contributed by atoms with Gasteiger partial charge in [0.15, 0.2) is 11.5 Å². The number of cyclic esters (lactones) is 1. The molecule has 1 atom stereocenters. The zero-order chi connectivity index (χ0) is 13.5. The van der Waals surface area contributed by atoms with Gasteiger partial charge in [-0.2, -0.15) is 0 Å². The Balaban J connectivity index is 1.88. The Morgan fingerprint density at radius 2 is 2.05 bits per heavy atom. The summed E-state index contributed by atoms with van der Waals surface area (Å²) in [5, 5.41) is 0. The number of hydrogen-bond acceptors (Lipinski definition) is 5. The second-order valence-corrected chi connectivity index (χ2v) is 4.94. The molecule has 6 nitrogen and oxygen atoms in total. The fraction of sp³-hybridized carbons (Fsp3) is 0.462. The van der Waals surface area contributed by atoms with Gasteiger partial charge in [-0.15, -0.1) is 0 Å². The van der Waals surface area contributed by atoms with Gasteiger partial charge in [0.1, 0.15) is 18.8 Å². The van der Waals surface area contributed by atoms with Gasteiger partial charge in [0, 0.05) is 12.6 Å². The second kappa shape index (κ2) is 4.31. The molecule has 1 saturated heterocycles. The number of benzene rings is 1. The van der Waals surface area contributed by atoms with E-state index < -0.39 is 5.60 Å². The second-order valence-electron chi connectivity index (χ2n) is 4.94. The molecule has 0 aliphatic carbocycles. The smallest absolute Gasteiger partial charge is 0.415 e. The molecule has 1 aromatic rings.